The van der Waals surface area contributed by atoms with E-state index in [0.29, 0.717) is 31.7 Å². The molecule has 5 nitrogen and oxygen atoms in total. The van der Waals surface area contributed by atoms with Crippen LogP contribution in [0.15, 0.2) is 54.6 Å². The highest BCUT2D eigenvalue weighted by Crippen LogP contribution is 2.29. The zero-order valence-corrected chi connectivity index (χ0v) is 16.3. The summed E-state index contributed by atoms with van der Waals surface area (Å²) in [6.07, 6.45) is -3.00. The maximum atomic E-state index is 12.6. The first kappa shape index (κ1) is 21.7. The summed E-state index contributed by atoms with van der Waals surface area (Å²) in [5, 5.41) is 2.95. The molecule has 3 rings (SSSR count). The Labute approximate surface area is 172 Å². The van der Waals surface area contributed by atoms with Crippen molar-refractivity contribution >= 4 is 11.8 Å². The Morgan fingerprint density at radius 2 is 1.63 bits per heavy atom. The monoisotopic (exact) mass is 420 g/mol. The Kier molecular flexibility index (Phi) is 6.97. The molecule has 0 aromatic heterocycles. The maximum Gasteiger partial charge on any atom is 0.416 e. The molecule has 0 radical (unpaired) electrons. The van der Waals surface area contributed by atoms with Crippen LogP contribution in [0.3, 0.4) is 0 Å². The van der Waals surface area contributed by atoms with E-state index < -0.39 is 11.7 Å². The second kappa shape index (κ2) is 9.65. The summed E-state index contributed by atoms with van der Waals surface area (Å²) in [6.45, 7) is 1.15. The molecule has 1 heterocycles. The molecule has 1 fully saturated rings. The van der Waals surface area contributed by atoms with Crippen LogP contribution in [0.5, 0.6) is 5.75 Å². The Balaban J connectivity index is 1.40. The molecule has 1 saturated heterocycles. The summed E-state index contributed by atoms with van der Waals surface area (Å²) in [7, 11) is 0. The highest BCUT2D eigenvalue weighted by Gasteiger charge is 2.31. The van der Waals surface area contributed by atoms with Crippen LogP contribution in [-0.4, -0.2) is 42.5 Å². The zero-order chi connectivity index (χ0) is 21.6. The molecule has 2 aromatic carbocycles. The third kappa shape index (κ3) is 5.98. The normalized spacial score (nSPS) is 15.0. The molecule has 160 valence electrons. The van der Waals surface area contributed by atoms with E-state index in [1.165, 1.54) is 12.1 Å². The number of piperidine rings is 1. The van der Waals surface area contributed by atoms with E-state index in [0.717, 1.165) is 12.1 Å². The Bertz CT molecular complexity index is 846. The first-order valence-corrected chi connectivity index (χ1v) is 9.76. The van der Waals surface area contributed by atoms with Crippen LogP contribution in [0.4, 0.5) is 13.2 Å². The van der Waals surface area contributed by atoms with Gasteiger partial charge in [0.25, 0.3) is 5.91 Å². The number of para-hydroxylation sites is 1. The van der Waals surface area contributed by atoms with Crippen LogP contribution in [0.1, 0.15) is 35.2 Å². The average Bonchev–Trinajstić information content (AvgIpc) is 2.74. The van der Waals surface area contributed by atoms with Crippen molar-refractivity contribution in [3.63, 3.8) is 0 Å². The third-order valence-electron chi connectivity index (χ3n) is 4.95. The fourth-order valence-corrected chi connectivity index (χ4v) is 3.29. The largest absolute Gasteiger partial charge is 0.493 e. The smallest absolute Gasteiger partial charge is 0.416 e. The minimum atomic E-state index is -4.43. The van der Waals surface area contributed by atoms with E-state index in [1.54, 1.807) is 4.90 Å². The molecule has 1 N–H and O–H groups in total. The van der Waals surface area contributed by atoms with E-state index >= 15 is 0 Å². The molecule has 0 atom stereocenters. The fourth-order valence-electron chi connectivity index (χ4n) is 3.29. The summed E-state index contributed by atoms with van der Waals surface area (Å²) < 4.78 is 43.5. The second-order valence-electron chi connectivity index (χ2n) is 7.12. The molecular weight excluding hydrogens is 397 g/mol. The number of nitrogens with zero attached hydrogens (tertiary/aromatic N) is 1. The summed E-state index contributed by atoms with van der Waals surface area (Å²) in [4.78, 5) is 26.2. The number of benzene rings is 2. The quantitative estimate of drug-likeness (QED) is 0.771. The number of nitrogens with one attached hydrogen (secondary N) is 1. The molecule has 0 spiro atoms. The van der Waals surface area contributed by atoms with Gasteiger partial charge in [-0.2, -0.15) is 13.2 Å². The van der Waals surface area contributed by atoms with Gasteiger partial charge in [-0.15, -0.1) is 0 Å². The predicted octanol–water partition coefficient (Wildman–Crippen LogP) is 3.90. The fraction of sp³-hybridized carbons (Fsp3) is 0.364. The lowest BCUT2D eigenvalue weighted by molar-refractivity contribution is -0.137. The lowest BCUT2D eigenvalue weighted by Gasteiger charge is -2.32. The van der Waals surface area contributed by atoms with Gasteiger partial charge in [-0.05, 0) is 49.2 Å². The van der Waals surface area contributed by atoms with Crippen molar-refractivity contribution in [1.29, 1.82) is 0 Å². The Hall–Kier alpha value is -3.03. The molecule has 1 aliphatic rings. The van der Waals surface area contributed by atoms with E-state index in [1.807, 2.05) is 30.3 Å². The number of alkyl halides is 3. The third-order valence-corrected chi connectivity index (χ3v) is 4.95. The van der Waals surface area contributed by atoms with Crippen LogP contribution in [0.2, 0.25) is 0 Å². The van der Waals surface area contributed by atoms with Crippen LogP contribution in [-0.2, 0) is 11.0 Å². The molecule has 8 heteroatoms. The highest BCUT2D eigenvalue weighted by molar-refractivity contribution is 5.94. The molecule has 0 unspecified atom stereocenters. The minimum absolute atomic E-state index is 0.0362. The van der Waals surface area contributed by atoms with E-state index in [2.05, 4.69) is 5.32 Å². The summed E-state index contributed by atoms with van der Waals surface area (Å²) in [5.41, 5.74) is -0.555. The Morgan fingerprint density at radius 3 is 2.23 bits per heavy atom. The zero-order valence-electron chi connectivity index (χ0n) is 16.3. The van der Waals surface area contributed by atoms with Gasteiger partial charge in [-0.25, -0.2) is 0 Å². The number of halogens is 3. The van der Waals surface area contributed by atoms with Crippen molar-refractivity contribution in [2.24, 2.45) is 0 Å². The van der Waals surface area contributed by atoms with Crippen molar-refractivity contribution in [2.45, 2.75) is 31.5 Å². The topological polar surface area (TPSA) is 58.6 Å². The molecule has 0 bridgehead atoms. The van der Waals surface area contributed by atoms with Crippen molar-refractivity contribution in [3.8, 4) is 5.75 Å². The van der Waals surface area contributed by atoms with E-state index in [4.69, 9.17) is 4.74 Å². The number of likely N-dealkylation sites (tertiary alicyclic amines) is 1. The molecule has 2 aromatic rings. The van der Waals surface area contributed by atoms with Crippen LogP contribution < -0.4 is 10.1 Å². The lowest BCUT2D eigenvalue weighted by Crippen LogP contribution is -2.46. The van der Waals surface area contributed by atoms with Gasteiger partial charge in [-0.3, -0.25) is 9.59 Å². The van der Waals surface area contributed by atoms with Crippen LogP contribution in [0, 0.1) is 0 Å². The first-order chi connectivity index (χ1) is 14.3. The summed E-state index contributed by atoms with van der Waals surface area (Å²) in [5.74, 6) is 0.295. The Morgan fingerprint density at radius 1 is 1.00 bits per heavy atom. The van der Waals surface area contributed by atoms with Gasteiger partial charge >= 0.3 is 6.18 Å². The van der Waals surface area contributed by atoms with Crippen molar-refractivity contribution in [3.05, 3.63) is 65.7 Å². The van der Waals surface area contributed by atoms with Gasteiger partial charge < -0.3 is 15.0 Å². The number of hydrogen-bond donors (Lipinski definition) is 1. The average molecular weight is 420 g/mol. The van der Waals surface area contributed by atoms with Crippen molar-refractivity contribution < 1.29 is 27.5 Å². The van der Waals surface area contributed by atoms with Crippen molar-refractivity contribution in [1.82, 2.24) is 10.2 Å². The standard InChI is InChI=1S/C22H23F3N2O3/c23-22(24,25)17-8-6-16(7-9-17)21(29)27-13-10-18(11-14-27)26-20(28)12-15-30-19-4-2-1-3-5-19/h1-9,18H,10-15H2,(H,26,28). The van der Waals surface area contributed by atoms with Gasteiger partial charge in [-0.1, -0.05) is 18.2 Å². The number of amides is 2. The van der Waals surface area contributed by atoms with Gasteiger partial charge in [0.2, 0.25) is 5.91 Å². The highest BCUT2D eigenvalue weighted by atomic mass is 19.4. The number of carbonyl (C=O) groups excluding carboxylic acids is 2. The number of ether oxygens (including phenoxy) is 1. The second-order valence-corrected chi connectivity index (χ2v) is 7.12. The maximum absolute atomic E-state index is 12.6. The molecular formula is C22H23F3N2O3. The molecule has 0 aliphatic carbocycles. The van der Waals surface area contributed by atoms with Crippen LogP contribution >= 0.6 is 0 Å². The van der Waals surface area contributed by atoms with Crippen LogP contribution in [0.25, 0.3) is 0 Å². The molecule has 0 saturated carbocycles. The van der Waals surface area contributed by atoms with E-state index in [9.17, 15) is 22.8 Å². The number of carbonyl (C=O) groups is 2. The van der Waals surface area contributed by atoms with Gasteiger partial charge in [0.1, 0.15) is 5.75 Å². The van der Waals surface area contributed by atoms with Gasteiger partial charge in [0.05, 0.1) is 18.6 Å². The number of rotatable bonds is 6. The van der Waals surface area contributed by atoms with Gasteiger partial charge in [0, 0.05) is 24.7 Å². The number of hydrogen-bond acceptors (Lipinski definition) is 3. The summed E-state index contributed by atoms with van der Waals surface area (Å²) in [6, 6.07) is 13.4. The minimum Gasteiger partial charge on any atom is -0.493 e. The molecule has 1 aliphatic heterocycles. The molecule has 30 heavy (non-hydrogen) atoms. The van der Waals surface area contributed by atoms with Gasteiger partial charge in [0.15, 0.2) is 0 Å². The summed E-state index contributed by atoms with van der Waals surface area (Å²) >= 11 is 0. The van der Waals surface area contributed by atoms with E-state index in [-0.39, 0.29) is 36.4 Å². The predicted molar refractivity (Wildman–Crippen MR) is 105 cm³/mol. The first-order valence-electron chi connectivity index (χ1n) is 9.76. The lowest BCUT2D eigenvalue weighted by atomic mass is 10.0. The van der Waals surface area contributed by atoms with Crippen molar-refractivity contribution in [2.75, 3.05) is 19.7 Å². The molecule has 2 amide bonds. The SMILES string of the molecule is O=C(CCOc1ccccc1)NC1CCN(C(=O)c2ccc(C(F)(F)F)cc2)CC1.